The molecule has 16 heavy (non-hydrogen) atoms. The molecule has 0 atom stereocenters. The number of thioether (sulfide) groups is 1. The molecule has 2 rings (SSSR count). The number of Topliss-reactive ketones (excluding diaryl/α,β-unsaturated/α-hetero) is 1. The predicted molar refractivity (Wildman–Crippen MR) is 66.1 cm³/mol. The van der Waals surface area contributed by atoms with Crippen LogP contribution in [-0.4, -0.2) is 21.5 Å². The molecule has 0 unspecified atom stereocenters. The third kappa shape index (κ3) is 2.90. The number of ketones is 1. The molecule has 0 N–H and O–H groups in total. The van der Waals surface area contributed by atoms with Crippen LogP contribution in [0.1, 0.15) is 15.4 Å². The van der Waals surface area contributed by atoms with Crippen molar-refractivity contribution in [1.29, 1.82) is 0 Å². The molecule has 2 heterocycles. The minimum atomic E-state index is 0.149. The summed E-state index contributed by atoms with van der Waals surface area (Å²) in [6.45, 7) is 1.91. The molecule has 0 aliphatic heterocycles. The number of carbonyl (C=O) groups excluding carboxylic acids is 1. The average molecular weight is 250 g/mol. The Labute approximate surface area is 102 Å². The van der Waals surface area contributed by atoms with Gasteiger partial charge in [0.2, 0.25) is 0 Å². The van der Waals surface area contributed by atoms with Gasteiger partial charge >= 0.3 is 0 Å². The molecule has 2 aromatic rings. The third-order valence-electron chi connectivity index (χ3n) is 1.93. The number of hydrogen-bond acceptors (Lipinski definition) is 5. The lowest BCUT2D eigenvalue weighted by Gasteiger charge is -1.99. The Morgan fingerprint density at radius 2 is 2.38 bits per heavy atom. The fraction of sp³-hybridized carbons (Fsp3) is 0.182. The van der Waals surface area contributed by atoms with Crippen molar-refractivity contribution in [3.8, 4) is 0 Å². The quantitative estimate of drug-likeness (QED) is 0.475. The van der Waals surface area contributed by atoms with Crippen molar-refractivity contribution < 1.29 is 4.79 Å². The highest BCUT2D eigenvalue weighted by atomic mass is 32.2. The largest absolute Gasteiger partial charge is 0.292 e. The van der Waals surface area contributed by atoms with E-state index in [1.54, 1.807) is 0 Å². The van der Waals surface area contributed by atoms with E-state index in [9.17, 15) is 4.79 Å². The van der Waals surface area contributed by atoms with Gasteiger partial charge in [-0.25, -0.2) is 9.97 Å². The molecule has 3 nitrogen and oxygen atoms in total. The van der Waals surface area contributed by atoms with Gasteiger partial charge in [0.15, 0.2) is 5.78 Å². The van der Waals surface area contributed by atoms with E-state index in [1.807, 2.05) is 30.5 Å². The summed E-state index contributed by atoms with van der Waals surface area (Å²) in [7, 11) is 0. The number of aryl methyl sites for hydroxylation is 1. The van der Waals surface area contributed by atoms with Gasteiger partial charge in [0.25, 0.3) is 0 Å². The first-order chi connectivity index (χ1) is 7.75. The Balaban J connectivity index is 1.95. The summed E-state index contributed by atoms with van der Waals surface area (Å²) in [5.74, 6) is 0.577. The summed E-state index contributed by atoms with van der Waals surface area (Å²) in [5.41, 5.74) is 0.918. The molecule has 0 saturated carbocycles. The van der Waals surface area contributed by atoms with E-state index in [4.69, 9.17) is 0 Å². The maximum absolute atomic E-state index is 11.7. The van der Waals surface area contributed by atoms with E-state index in [0.29, 0.717) is 5.75 Å². The van der Waals surface area contributed by atoms with Crippen LogP contribution in [-0.2, 0) is 0 Å². The molecule has 0 aromatic carbocycles. The number of aromatic nitrogens is 2. The highest BCUT2D eigenvalue weighted by Gasteiger charge is 2.07. The first-order valence-electron chi connectivity index (χ1n) is 4.74. The van der Waals surface area contributed by atoms with E-state index >= 15 is 0 Å². The van der Waals surface area contributed by atoms with Crippen LogP contribution in [0.4, 0.5) is 0 Å². The van der Waals surface area contributed by atoms with Gasteiger partial charge in [-0.05, 0) is 24.4 Å². The lowest BCUT2D eigenvalue weighted by molar-refractivity contribution is 0.102. The maximum atomic E-state index is 11.7. The van der Waals surface area contributed by atoms with Gasteiger partial charge in [0, 0.05) is 5.69 Å². The molecule has 0 bridgehead atoms. The van der Waals surface area contributed by atoms with Crippen molar-refractivity contribution in [3.63, 3.8) is 0 Å². The Hall–Kier alpha value is -1.20. The minimum Gasteiger partial charge on any atom is -0.292 e. The Morgan fingerprint density at radius 3 is 3.06 bits per heavy atom. The predicted octanol–water partition coefficient (Wildman–Crippen LogP) is 2.82. The van der Waals surface area contributed by atoms with Gasteiger partial charge in [-0.3, -0.25) is 4.79 Å². The van der Waals surface area contributed by atoms with Gasteiger partial charge in [-0.1, -0.05) is 17.8 Å². The van der Waals surface area contributed by atoms with Crippen molar-refractivity contribution in [2.24, 2.45) is 0 Å². The summed E-state index contributed by atoms with van der Waals surface area (Å²) in [4.78, 5) is 20.6. The van der Waals surface area contributed by atoms with Crippen LogP contribution in [0.5, 0.6) is 0 Å². The number of hydrogen-bond donors (Lipinski definition) is 0. The molecule has 0 aliphatic rings. The number of thiophene rings is 1. The second kappa shape index (κ2) is 5.23. The molecule has 0 radical (unpaired) electrons. The summed E-state index contributed by atoms with van der Waals surface area (Å²) in [6, 6.07) is 5.61. The highest BCUT2D eigenvalue weighted by Crippen LogP contribution is 2.18. The van der Waals surface area contributed by atoms with Crippen molar-refractivity contribution in [2.45, 2.75) is 11.9 Å². The molecule has 2 aromatic heterocycles. The fourth-order valence-electron chi connectivity index (χ4n) is 1.16. The third-order valence-corrected chi connectivity index (χ3v) is 3.76. The topological polar surface area (TPSA) is 42.9 Å². The zero-order valence-corrected chi connectivity index (χ0v) is 10.3. The van der Waals surface area contributed by atoms with E-state index in [1.165, 1.54) is 29.4 Å². The van der Waals surface area contributed by atoms with Gasteiger partial charge in [0.1, 0.15) is 11.4 Å². The Kier molecular flexibility index (Phi) is 3.69. The first kappa shape index (κ1) is 11.3. The lowest BCUT2D eigenvalue weighted by Crippen LogP contribution is -1.99. The summed E-state index contributed by atoms with van der Waals surface area (Å²) < 4.78 is 0. The minimum absolute atomic E-state index is 0.149. The monoisotopic (exact) mass is 250 g/mol. The van der Waals surface area contributed by atoms with E-state index in [0.717, 1.165) is 15.6 Å². The van der Waals surface area contributed by atoms with Gasteiger partial charge in [-0.15, -0.1) is 11.3 Å². The smallest absolute Gasteiger partial charge is 0.183 e. The van der Waals surface area contributed by atoms with Crippen LogP contribution in [0.15, 0.2) is 34.9 Å². The summed E-state index contributed by atoms with van der Waals surface area (Å²) in [6.07, 6.45) is 1.52. The van der Waals surface area contributed by atoms with Crippen molar-refractivity contribution in [3.05, 3.63) is 40.5 Å². The van der Waals surface area contributed by atoms with E-state index in [-0.39, 0.29) is 5.78 Å². The van der Waals surface area contributed by atoms with Crippen LogP contribution < -0.4 is 0 Å². The molecular formula is C11H10N2OS2. The zero-order chi connectivity index (χ0) is 11.4. The van der Waals surface area contributed by atoms with Crippen molar-refractivity contribution in [2.75, 3.05) is 5.75 Å². The molecule has 0 saturated heterocycles. The maximum Gasteiger partial charge on any atom is 0.183 e. The second-order valence-corrected chi connectivity index (χ2v) is 5.13. The molecule has 82 valence electrons. The van der Waals surface area contributed by atoms with E-state index < -0.39 is 0 Å². The van der Waals surface area contributed by atoms with Gasteiger partial charge < -0.3 is 0 Å². The fourth-order valence-corrected chi connectivity index (χ4v) is 2.72. The van der Waals surface area contributed by atoms with E-state index in [2.05, 4.69) is 9.97 Å². The van der Waals surface area contributed by atoms with Gasteiger partial charge in [0.05, 0.1) is 10.6 Å². The van der Waals surface area contributed by atoms with Crippen LogP contribution in [0.25, 0.3) is 0 Å². The van der Waals surface area contributed by atoms with Crippen molar-refractivity contribution in [1.82, 2.24) is 9.97 Å². The van der Waals surface area contributed by atoms with Crippen LogP contribution in [0.3, 0.4) is 0 Å². The molecule has 5 heteroatoms. The summed E-state index contributed by atoms with van der Waals surface area (Å²) >= 11 is 2.92. The van der Waals surface area contributed by atoms with Gasteiger partial charge in [-0.2, -0.15) is 0 Å². The number of carbonyl (C=O) groups is 1. The zero-order valence-electron chi connectivity index (χ0n) is 8.71. The molecule has 0 amide bonds. The Bertz CT molecular complexity index is 482. The first-order valence-corrected chi connectivity index (χ1v) is 6.60. The molecular weight excluding hydrogens is 240 g/mol. The molecule has 0 aliphatic carbocycles. The van der Waals surface area contributed by atoms with Crippen LogP contribution in [0, 0.1) is 6.92 Å². The average Bonchev–Trinajstić information content (AvgIpc) is 2.79. The number of nitrogens with zero attached hydrogens (tertiary/aromatic N) is 2. The SMILES string of the molecule is Cc1cc(SCC(=O)c2cccs2)ncn1. The highest BCUT2D eigenvalue weighted by molar-refractivity contribution is 7.99. The second-order valence-electron chi connectivity index (χ2n) is 3.19. The lowest BCUT2D eigenvalue weighted by atomic mass is 10.4. The normalized spacial score (nSPS) is 10.3. The summed E-state index contributed by atoms with van der Waals surface area (Å²) in [5, 5.41) is 2.75. The van der Waals surface area contributed by atoms with Crippen molar-refractivity contribution >= 4 is 28.9 Å². The van der Waals surface area contributed by atoms with Crippen LogP contribution >= 0.6 is 23.1 Å². The molecule has 0 fully saturated rings. The Morgan fingerprint density at radius 1 is 1.50 bits per heavy atom. The number of rotatable bonds is 4. The molecule has 0 spiro atoms. The van der Waals surface area contributed by atoms with Crippen LogP contribution in [0.2, 0.25) is 0 Å². The standard InChI is InChI=1S/C11H10N2OS2/c1-8-5-11(13-7-12-8)16-6-9(14)10-3-2-4-15-10/h2-5,7H,6H2,1H3.